The van der Waals surface area contributed by atoms with Crippen molar-refractivity contribution >= 4 is 23.4 Å². The molecule has 9 nitrogen and oxygen atoms in total. The predicted octanol–water partition coefficient (Wildman–Crippen LogP) is 3.20. The molecule has 1 aromatic heterocycles. The van der Waals surface area contributed by atoms with E-state index in [2.05, 4.69) is 25.4 Å². The van der Waals surface area contributed by atoms with Gasteiger partial charge in [-0.05, 0) is 63.4 Å². The summed E-state index contributed by atoms with van der Waals surface area (Å²) < 4.78 is 11.5. The lowest BCUT2D eigenvalue weighted by Crippen LogP contribution is -2.44. The average Bonchev–Trinajstić information content (AvgIpc) is 3.36. The van der Waals surface area contributed by atoms with Crippen LogP contribution in [-0.4, -0.2) is 73.3 Å². The zero-order chi connectivity index (χ0) is 23.8. The van der Waals surface area contributed by atoms with Gasteiger partial charge in [0.15, 0.2) is 11.5 Å². The van der Waals surface area contributed by atoms with Gasteiger partial charge in [0.05, 0.1) is 13.7 Å². The first-order valence-electron chi connectivity index (χ1n) is 12.3. The highest BCUT2D eigenvalue weighted by Gasteiger charge is 2.21. The molecule has 2 aliphatic heterocycles. The number of methoxy groups -OCH3 is 1. The van der Waals surface area contributed by atoms with Crippen LogP contribution in [-0.2, 0) is 4.79 Å². The summed E-state index contributed by atoms with van der Waals surface area (Å²) in [4.78, 5) is 25.1. The topological polar surface area (TPSA) is 91.9 Å². The number of amides is 1. The average molecular weight is 469 g/mol. The number of nitrogens with zero attached hydrogens (tertiary/aromatic N) is 4. The standard InChI is InChI=1S/C25H36N6O3/c1-19(32)27-20-9-15-31(16-10-20)24-8-11-26-25(29-24)28-21-6-7-22(33-2)23(18-21)34-17-5-14-30-12-3-4-13-30/h6-8,11,18,20H,3-5,9-10,12-17H2,1-2H3,(H,27,32)(H,26,28,29). The van der Waals surface area contributed by atoms with Crippen molar-refractivity contribution in [1.29, 1.82) is 0 Å². The number of nitrogens with one attached hydrogen (secondary N) is 2. The normalized spacial score (nSPS) is 16.9. The minimum absolute atomic E-state index is 0.0291. The van der Waals surface area contributed by atoms with E-state index in [0.29, 0.717) is 24.1 Å². The fourth-order valence-corrected chi connectivity index (χ4v) is 4.60. The summed E-state index contributed by atoms with van der Waals surface area (Å²) in [6.45, 7) is 7.39. The zero-order valence-corrected chi connectivity index (χ0v) is 20.3. The van der Waals surface area contributed by atoms with E-state index in [-0.39, 0.29) is 11.9 Å². The van der Waals surface area contributed by atoms with E-state index in [9.17, 15) is 4.79 Å². The number of piperidine rings is 1. The van der Waals surface area contributed by atoms with Crippen molar-refractivity contribution < 1.29 is 14.3 Å². The second kappa shape index (κ2) is 11.9. The summed E-state index contributed by atoms with van der Waals surface area (Å²) in [5.74, 6) is 2.87. The molecule has 0 aliphatic carbocycles. The Balaban J connectivity index is 1.34. The van der Waals surface area contributed by atoms with Gasteiger partial charge < -0.3 is 29.9 Å². The third-order valence-corrected chi connectivity index (χ3v) is 6.36. The minimum atomic E-state index is 0.0291. The van der Waals surface area contributed by atoms with Gasteiger partial charge in [0.1, 0.15) is 5.82 Å². The molecular formula is C25H36N6O3. The van der Waals surface area contributed by atoms with Crippen LogP contribution in [0.4, 0.5) is 17.5 Å². The Kier molecular flexibility index (Phi) is 8.41. The van der Waals surface area contributed by atoms with E-state index in [1.807, 2.05) is 24.3 Å². The molecule has 0 bridgehead atoms. The van der Waals surface area contributed by atoms with Crippen molar-refractivity contribution in [2.45, 2.75) is 45.1 Å². The van der Waals surface area contributed by atoms with Gasteiger partial charge in [0, 0.05) is 50.6 Å². The Labute approximate surface area is 201 Å². The van der Waals surface area contributed by atoms with Gasteiger partial charge >= 0.3 is 0 Å². The summed E-state index contributed by atoms with van der Waals surface area (Å²) >= 11 is 0. The Morgan fingerprint density at radius 3 is 2.65 bits per heavy atom. The second-order valence-corrected chi connectivity index (χ2v) is 8.94. The molecule has 0 radical (unpaired) electrons. The molecule has 34 heavy (non-hydrogen) atoms. The quantitative estimate of drug-likeness (QED) is 0.514. The summed E-state index contributed by atoms with van der Waals surface area (Å²) in [5, 5.41) is 6.30. The lowest BCUT2D eigenvalue weighted by molar-refractivity contribution is -0.119. The zero-order valence-electron chi connectivity index (χ0n) is 20.3. The highest BCUT2D eigenvalue weighted by atomic mass is 16.5. The van der Waals surface area contributed by atoms with Gasteiger partial charge in [-0.25, -0.2) is 4.98 Å². The molecule has 2 N–H and O–H groups in total. The SMILES string of the molecule is COc1ccc(Nc2nccc(N3CCC(NC(C)=O)CC3)n2)cc1OCCCN1CCCC1. The Morgan fingerprint density at radius 1 is 1.12 bits per heavy atom. The number of ether oxygens (including phenoxy) is 2. The Bertz CT molecular complexity index is 942. The maximum atomic E-state index is 11.3. The van der Waals surface area contributed by atoms with Crippen LogP contribution in [0, 0.1) is 0 Å². The number of benzene rings is 1. The smallest absolute Gasteiger partial charge is 0.229 e. The van der Waals surface area contributed by atoms with E-state index in [1.54, 1.807) is 20.2 Å². The Hall–Kier alpha value is -3.07. The molecule has 9 heteroatoms. The van der Waals surface area contributed by atoms with Gasteiger partial charge in [0.25, 0.3) is 0 Å². The van der Waals surface area contributed by atoms with E-state index < -0.39 is 0 Å². The number of anilines is 3. The molecule has 2 fully saturated rings. The molecule has 2 aliphatic rings. The largest absolute Gasteiger partial charge is 0.493 e. The first-order valence-corrected chi connectivity index (χ1v) is 12.3. The molecule has 0 saturated carbocycles. The lowest BCUT2D eigenvalue weighted by atomic mass is 10.1. The van der Waals surface area contributed by atoms with Crippen molar-refractivity contribution in [2.24, 2.45) is 0 Å². The number of hydrogen-bond acceptors (Lipinski definition) is 8. The fraction of sp³-hybridized carbons (Fsp3) is 0.560. The summed E-state index contributed by atoms with van der Waals surface area (Å²) in [7, 11) is 1.65. The maximum Gasteiger partial charge on any atom is 0.229 e. The molecule has 0 spiro atoms. The first kappa shape index (κ1) is 24.1. The highest BCUT2D eigenvalue weighted by Crippen LogP contribution is 2.31. The van der Waals surface area contributed by atoms with Crippen LogP contribution < -0.4 is 25.0 Å². The third-order valence-electron chi connectivity index (χ3n) is 6.36. The lowest BCUT2D eigenvalue weighted by Gasteiger charge is -2.33. The summed E-state index contributed by atoms with van der Waals surface area (Å²) in [6, 6.07) is 7.93. The van der Waals surface area contributed by atoms with E-state index in [4.69, 9.17) is 14.5 Å². The van der Waals surface area contributed by atoms with Crippen LogP contribution in [0.5, 0.6) is 11.5 Å². The number of carbonyl (C=O) groups excluding carboxylic acids is 1. The predicted molar refractivity (Wildman–Crippen MR) is 133 cm³/mol. The van der Waals surface area contributed by atoms with Crippen LogP contribution in [0.3, 0.4) is 0 Å². The number of hydrogen-bond donors (Lipinski definition) is 2. The third kappa shape index (κ3) is 6.72. The maximum absolute atomic E-state index is 11.3. The number of likely N-dealkylation sites (tertiary alicyclic amines) is 1. The molecular weight excluding hydrogens is 432 g/mol. The van der Waals surface area contributed by atoms with Gasteiger partial charge in [-0.3, -0.25) is 4.79 Å². The fourth-order valence-electron chi connectivity index (χ4n) is 4.60. The molecule has 2 saturated heterocycles. The van der Waals surface area contributed by atoms with Crippen LogP contribution >= 0.6 is 0 Å². The Morgan fingerprint density at radius 2 is 1.91 bits per heavy atom. The monoisotopic (exact) mass is 468 g/mol. The van der Waals surface area contributed by atoms with Crippen LogP contribution in [0.2, 0.25) is 0 Å². The van der Waals surface area contributed by atoms with E-state index in [0.717, 1.165) is 50.4 Å². The van der Waals surface area contributed by atoms with Crippen LogP contribution in [0.1, 0.15) is 39.0 Å². The van der Waals surface area contributed by atoms with Crippen molar-refractivity contribution in [3.8, 4) is 11.5 Å². The van der Waals surface area contributed by atoms with Crippen LogP contribution in [0.25, 0.3) is 0 Å². The second-order valence-electron chi connectivity index (χ2n) is 8.94. The van der Waals surface area contributed by atoms with E-state index >= 15 is 0 Å². The first-order chi connectivity index (χ1) is 16.6. The molecule has 4 rings (SSSR count). The number of aromatic nitrogens is 2. The summed E-state index contributed by atoms with van der Waals surface area (Å²) in [5.41, 5.74) is 0.844. The minimum Gasteiger partial charge on any atom is -0.493 e. The van der Waals surface area contributed by atoms with Gasteiger partial charge in [0.2, 0.25) is 11.9 Å². The van der Waals surface area contributed by atoms with Gasteiger partial charge in [-0.1, -0.05) is 0 Å². The molecule has 2 aromatic rings. The van der Waals surface area contributed by atoms with Crippen molar-refractivity contribution in [3.63, 3.8) is 0 Å². The molecule has 1 amide bonds. The number of carbonyl (C=O) groups is 1. The molecule has 3 heterocycles. The van der Waals surface area contributed by atoms with Crippen LogP contribution in [0.15, 0.2) is 30.5 Å². The molecule has 0 atom stereocenters. The van der Waals surface area contributed by atoms with Crippen molar-refractivity contribution in [3.05, 3.63) is 30.5 Å². The highest BCUT2D eigenvalue weighted by molar-refractivity contribution is 5.73. The number of rotatable bonds is 10. The van der Waals surface area contributed by atoms with Crippen molar-refractivity contribution in [1.82, 2.24) is 20.2 Å². The molecule has 0 unspecified atom stereocenters. The summed E-state index contributed by atoms with van der Waals surface area (Å²) in [6.07, 6.45) is 7.18. The molecule has 184 valence electrons. The van der Waals surface area contributed by atoms with E-state index in [1.165, 1.54) is 25.9 Å². The van der Waals surface area contributed by atoms with Gasteiger partial charge in [-0.2, -0.15) is 4.98 Å². The molecule has 1 aromatic carbocycles. The van der Waals surface area contributed by atoms with Gasteiger partial charge in [-0.15, -0.1) is 0 Å². The van der Waals surface area contributed by atoms with Crippen molar-refractivity contribution in [2.75, 3.05) is 56.7 Å².